The Morgan fingerprint density at radius 2 is 2.25 bits per heavy atom. The lowest BCUT2D eigenvalue weighted by Gasteiger charge is -2.06. The maximum atomic E-state index is 13.3. The van der Waals surface area contributed by atoms with Crippen molar-refractivity contribution in [1.82, 2.24) is 0 Å². The lowest BCUT2D eigenvalue weighted by atomic mass is 10.1. The van der Waals surface area contributed by atoms with E-state index in [0.717, 1.165) is 29.5 Å². The molecule has 64 valence electrons. The highest BCUT2D eigenvalue weighted by Gasteiger charge is 2.21. The summed E-state index contributed by atoms with van der Waals surface area (Å²) in [6.07, 6.45) is 1.68. The van der Waals surface area contributed by atoms with E-state index in [2.05, 4.69) is 0 Å². The van der Waals surface area contributed by atoms with Crippen LogP contribution in [0.2, 0.25) is 0 Å². The van der Waals surface area contributed by atoms with Gasteiger partial charge in [0.1, 0.15) is 5.82 Å². The van der Waals surface area contributed by atoms with Crippen molar-refractivity contribution in [2.24, 2.45) is 5.73 Å². The van der Waals surface area contributed by atoms with Crippen LogP contribution in [0, 0.1) is 12.7 Å². The van der Waals surface area contributed by atoms with Gasteiger partial charge in [-0.05, 0) is 42.5 Å². The van der Waals surface area contributed by atoms with Gasteiger partial charge in [0.15, 0.2) is 0 Å². The zero-order chi connectivity index (χ0) is 8.72. The van der Waals surface area contributed by atoms with Crippen LogP contribution in [-0.2, 0) is 6.42 Å². The summed E-state index contributed by atoms with van der Waals surface area (Å²) < 4.78 is 13.3. The van der Waals surface area contributed by atoms with E-state index in [0.29, 0.717) is 0 Å². The highest BCUT2D eigenvalue weighted by atomic mass is 19.1. The molecular formula is C10H12FN. The maximum Gasteiger partial charge on any atom is 0.126 e. The molecule has 1 nitrogen and oxygen atoms in total. The van der Waals surface area contributed by atoms with Gasteiger partial charge in [-0.1, -0.05) is 6.07 Å². The first-order valence-electron chi connectivity index (χ1n) is 4.23. The van der Waals surface area contributed by atoms with Gasteiger partial charge in [-0.15, -0.1) is 0 Å². The van der Waals surface area contributed by atoms with E-state index in [1.54, 1.807) is 6.07 Å². The molecular weight excluding hydrogens is 153 g/mol. The minimum absolute atomic E-state index is 0.0504. The van der Waals surface area contributed by atoms with Crippen molar-refractivity contribution in [3.63, 3.8) is 0 Å². The fraction of sp³-hybridized carbons (Fsp3) is 0.400. The van der Waals surface area contributed by atoms with Crippen molar-refractivity contribution < 1.29 is 4.39 Å². The van der Waals surface area contributed by atoms with Gasteiger partial charge >= 0.3 is 0 Å². The first-order chi connectivity index (χ1) is 5.68. The van der Waals surface area contributed by atoms with Crippen LogP contribution in [0.25, 0.3) is 0 Å². The van der Waals surface area contributed by atoms with Crippen molar-refractivity contribution in [3.05, 3.63) is 34.6 Å². The Morgan fingerprint density at radius 3 is 3.00 bits per heavy atom. The van der Waals surface area contributed by atoms with E-state index in [9.17, 15) is 4.39 Å². The largest absolute Gasteiger partial charge is 0.324 e. The Kier molecular flexibility index (Phi) is 1.65. The number of benzene rings is 1. The highest BCUT2D eigenvalue weighted by molar-refractivity contribution is 5.38. The monoisotopic (exact) mass is 165 g/mol. The number of nitrogens with two attached hydrogens (primary N) is 1. The molecule has 1 aliphatic rings. The van der Waals surface area contributed by atoms with Gasteiger partial charge in [0.05, 0.1) is 0 Å². The Hall–Kier alpha value is -0.890. The van der Waals surface area contributed by atoms with Gasteiger partial charge in [-0.3, -0.25) is 0 Å². The summed E-state index contributed by atoms with van der Waals surface area (Å²) in [6.45, 7) is 1.90. The first kappa shape index (κ1) is 7.74. The molecule has 1 aromatic carbocycles. The summed E-state index contributed by atoms with van der Waals surface area (Å²) in [4.78, 5) is 0. The van der Waals surface area contributed by atoms with Gasteiger partial charge in [-0.25, -0.2) is 4.39 Å². The van der Waals surface area contributed by atoms with E-state index in [4.69, 9.17) is 5.73 Å². The number of rotatable bonds is 0. The average molecular weight is 165 g/mol. The van der Waals surface area contributed by atoms with Gasteiger partial charge in [0.25, 0.3) is 0 Å². The predicted octanol–water partition coefficient (Wildman–Crippen LogP) is 2.08. The van der Waals surface area contributed by atoms with Crippen molar-refractivity contribution in [2.75, 3.05) is 0 Å². The second kappa shape index (κ2) is 2.56. The normalized spacial score (nSPS) is 21.1. The van der Waals surface area contributed by atoms with Crippen molar-refractivity contribution in [1.29, 1.82) is 0 Å². The van der Waals surface area contributed by atoms with Crippen LogP contribution in [0.4, 0.5) is 4.39 Å². The molecule has 0 spiro atoms. The fourth-order valence-corrected chi connectivity index (χ4v) is 1.85. The first-order valence-corrected chi connectivity index (χ1v) is 4.23. The molecule has 2 rings (SSSR count). The molecule has 1 atom stereocenters. The molecule has 0 heterocycles. The topological polar surface area (TPSA) is 26.0 Å². The van der Waals surface area contributed by atoms with Gasteiger partial charge in [-0.2, -0.15) is 0 Å². The minimum Gasteiger partial charge on any atom is -0.324 e. The number of hydrogen-bond donors (Lipinski definition) is 1. The standard InChI is InChI=1S/C10H12FN/c1-6-4-8-7(9(11)5-6)2-3-10(8)12/h4-5,10H,2-3,12H2,1H3/t10-/m1/s1. The summed E-state index contributed by atoms with van der Waals surface area (Å²) >= 11 is 0. The summed E-state index contributed by atoms with van der Waals surface area (Å²) in [5, 5.41) is 0. The van der Waals surface area contributed by atoms with Crippen LogP contribution in [-0.4, -0.2) is 0 Å². The van der Waals surface area contributed by atoms with Crippen LogP contribution in [0.15, 0.2) is 12.1 Å². The molecule has 0 aliphatic heterocycles. The summed E-state index contributed by atoms with van der Waals surface area (Å²) in [5.74, 6) is -0.0852. The van der Waals surface area contributed by atoms with E-state index in [-0.39, 0.29) is 11.9 Å². The summed E-state index contributed by atoms with van der Waals surface area (Å²) in [5.41, 5.74) is 8.61. The molecule has 0 bridgehead atoms. The van der Waals surface area contributed by atoms with Crippen LogP contribution in [0.1, 0.15) is 29.2 Å². The molecule has 0 amide bonds. The highest BCUT2D eigenvalue weighted by Crippen LogP contribution is 2.31. The van der Waals surface area contributed by atoms with E-state index in [1.165, 1.54) is 0 Å². The fourth-order valence-electron chi connectivity index (χ4n) is 1.85. The number of halogens is 1. The zero-order valence-electron chi connectivity index (χ0n) is 7.10. The van der Waals surface area contributed by atoms with Crippen LogP contribution >= 0.6 is 0 Å². The third kappa shape index (κ3) is 1.03. The molecule has 0 radical (unpaired) electrons. The summed E-state index contributed by atoms with van der Waals surface area (Å²) in [7, 11) is 0. The van der Waals surface area contributed by atoms with Crippen molar-refractivity contribution >= 4 is 0 Å². The Labute approximate surface area is 71.4 Å². The molecule has 1 aliphatic carbocycles. The van der Waals surface area contributed by atoms with E-state index >= 15 is 0 Å². The molecule has 2 heteroatoms. The third-order valence-electron chi connectivity index (χ3n) is 2.48. The Balaban J connectivity index is 2.60. The third-order valence-corrected chi connectivity index (χ3v) is 2.48. The van der Waals surface area contributed by atoms with Crippen LogP contribution < -0.4 is 5.73 Å². The molecule has 0 unspecified atom stereocenters. The number of hydrogen-bond acceptors (Lipinski definition) is 1. The lowest BCUT2D eigenvalue weighted by Crippen LogP contribution is -2.05. The zero-order valence-corrected chi connectivity index (χ0v) is 7.10. The molecule has 0 fully saturated rings. The molecule has 0 aromatic heterocycles. The van der Waals surface area contributed by atoms with Gasteiger partial charge < -0.3 is 5.73 Å². The molecule has 0 saturated carbocycles. The van der Waals surface area contributed by atoms with Crippen molar-refractivity contribution in [2.45, 2.75) is 25.8 Å². The molecule has 1 aromatic rings. The quantitative estimate of drug-likeness (QED) is 0.625. The Bertz CT molecular complexity index is 320. The average Bonchev–Trinajstić information content (AvgIpc) is 2.33. The second-order valence-electron chi connectivity index (χ2n) is 3.46. The SMILES string of the molecule is Cc1cc(F)c2c(c1)[C@H](N)CC2. The minimum atomic E-state index is -0.0852. The van der Waals surface area contributed by atoms with Crippen molar-refractivity contribution in [3.8, 4) is 0 Å². The second-order valence-corrected chi connectivity index (χ2v) is 3.46. The molecule has 0 saturated heterocycles. The van der Waals surface area contributed by atoms with Crippen LogP contribution in [0.3, 0.4) is 0 Å². The maximum absolute atomic E-state index is 13.3. The van der Waals surface area contributed by atoms with Gasteiger partial charge in [0.2, 0.25) is 0 Å². The molecule has 12 heavy (non-hydrogen) atoms. The predicted molar refractivity (Wildman–Crippen MR) is 46.4 cm³/mol. The lowest BCUT2D eigenvalue weighted by molar-refractivity contribution is 0.611. The number of aryl methyl sites for hydroxylation is 1. The van der Waals surface area contributed by atoms with Gasteiger partial charge in [0, 0.05) is 6.04 Å². The number of fused-ring (bicyclic) bond motifs is 1. The smallest absolute Gasteiger partial charge is 0.126 e. The molecule has 2 N–H and O–H groups in total. The Morgan fingerprint density at radius 1 is 1.50 bits per heavy atom. The summed E-state index contributed by atoms with van der Waals surface area (Å²) in [6, 6.07) is 3.63. The van der Waals surface area contributed by atoms with E-state index in [1.807, 2.05) is 13.0 Å². The van der Waals surface area contributed by atoms with E-state index < -0.39 is 0 Å². The van der Waals surface area contributed by atoms with Crippen LogP contribution in [0.5, 0.6) is 0 Å².